The molecule has 0 radical (unpaired) electrons. The molecule has 1 unspecified atom stereocenters. The molecule has 0 bridgehead atoms. The van der Waals surface area contributed by atoms with Gasteiger partial charge in [0, 0.05) is 37.5 Å². The van der Waals surface area contributed by atoms with Gasteiger partial charge in [-0.1, -0.05) is 49.4 Å². The summed E-state index contributed by atoms with van der Waals surface area (Å²) < 4.78 is 7.01. The van der Waals surface area contributed by atoms with E-state index in [1.54, 1.807) is 18.4 Å². The van der Waals surface area contributed by atoms with E-state index in [9.17, 15) is 0 Å². The lowest BCUT2D eigenvalue weighted by Crippen LogP contribution is -2.20. The molecule has 158 valence electrons. The summed E-state index contributed by atoms with van der Waals surface area (Å²) in [5, 5.41) is 10.0. The molecule has 0 amide bonds. The average molecular weight is 442 g/mol. The van der Waals surface area contributed by atoms with Gasteiger partial charge in [0.1, 0.15) is 16.0 Å². The molecule has 0 saturated carbocycles. The zero-order valence-electron chi connectivity index (χ0n) is 18.0. The number of thiazole rings is 1. The van der Waals surface area contributed by atoms with Crippen molar-refractivity contribution in [2.24, 2.45) is 7.05 Å². The van der Waals surface area contributed by atoms with Crippen molar-refractivity contribution >= 4 is 41.4 Å². The monoisotopic (exact) mass is 441 g/mol. The number of benzene rings is 1. The average Bonchev–Trinajstić information content (AvgIpc) is 3.32. The molecular weight excluding hydrogens is 413 g/mol. The second-order valence-electron chi connectivity index (χ2n) is 6.69. The normalized spacial score (nSPS) is 11.8. The Morgan fingerprint density at radius 3 is 2.63 bits per heavy atom. The third-order valence-corrected chi connectivity index (χ3v) is 5.76. The first-order valence-corrected chi connectivity index (χ1v) is 11.4. The molecule has 0 aliphatic carbocycles. The third kappa shape index (κ3) is 4.86. The van der Waals surface area contributed by atoms with Gasteiger partial charge in [0.2, 0.25) is 0 Å². The van der Waals surface area contributed by atoms with Crippen LogP contribution in [0.5, 0.6) is 0 Å². The van der Waals surface area contributed by atoms with Crippen molar-refractivity contribution in [3.8, 4) is 22.5 Å². The highest BCUT2D eigenvalue weighted by Crippen LogP contribution is 2.32. The number of aryl methyl sites for hydroxylation is 1. The highest BCUT2D eigenvalue weighted by molar-refractivity contribution is 7.28. The third-order valence-electron chi connectivity index (χ3n) is 4.36. The van der Waals surface area contributed by atoms with E-state index in [4.69, 9.17) is 9.72 Å². The van der Waals surface area contributed by atoms with Crippen molar-refractivity contribution in [3.63, 3.8) is 0 Å². The summed E-state index contributed by atoms with van der Waals surface area (Å²) in [6.45, 7) is 6.69. The molecule has 1 aromatic carbocycles. The number of hydrogen-bond donors (Lipinski definition) is 1. The Morgan fingerprint density at radius 1 is 1.13 bits per heavy atom. The second-order valence-corrected chi connectivity index (χ2v) is 8.29. The fraction of sp³-hybridized carbons (Fsp3) is 0.318. The quantitative estimate of drug-likeness (QED) is 0.438. The molecule has 3 heterocycles. The van der Waals surface area contributed by atoms with Gasteiger partial charge in [0.15, 0.2) is 5.13 Å². The van der Waals surface area contributed by atoms with Gasteiger partial charge in [0.25, 0.3) is 0 Å². The van der Waals surface area contributed by atoms with Crippen molar-refractivity contribution in [1.82, 2.24) is 19.7 Å². The zero-order valence-corrected chi connectivity index (χ0v) is 20.0. The maximum Gasteiger partial charge on any atom is 0.185 e. The minimum atomic E-state index is 0.188. The molecule has 0 saturated heterocycles. The Labute approximate surface area is 183 Å². The van der Waals surface area contributed by atoms with Gasteiger partial charge in [-0.3, -0.25) is 4.68 Å². The highest BCUT2D eigenvalue weighted by atomic mass is 32.1. The summed E-state index contributed by atoms with van der Waals surface area (Å²) in [6.07, 6.45) is 2.02. The van der Waals surface area contributed by atoms with E-state index in [1.165, 1.54) is 0 Å². The number of anilines is 1. The SMILES string of the molecule is CC.COC[C@H](C)Nc1nc2ccc(-c3cn(C)nc3-c3ccccc3P)nc2s1. The van der Waals surface area contributed by atoms with Gasteiger partial charge in [-0.15, -0.1) is 9.24 Å². The topological polar surface area (TPSA) is 64.9 Å². The van der Waals surface area contributed by atoms with Crippen LogP contribution in [0.25, 0.3) is 32.9 Å². The number of methoxy groups -OCH3 is 1. The van der Waals surface area contributed by atoms with E-state index in [2.05, 4.69) is 43.7 Å². The maximum atomic E-state index is 5.18. The molecule has 2 atom stereocenters. The first kappa shape index (κ1) is 22.3. The van der Waals surface area contributed by atoms with Gasteiger partial charge >= 0.3 is 0 Å². The molecule has 0 spiro atoms. The van der Waals surface area contributed by atoms with Gasteiger partial charge in [-0.2, -0.15) is 5.10 Å². The van der Waals surface area contributed by atoms with E-state index in [0.29, 0.717) is 6.61 Å². The van der Waals surface area contributed by atoms with Crippen molar-refractivity contribution in [3.05, 3.63) is 42.6 Å². The van der Waals surface area contributed by atoms with E-state index in [0.717, 1.165) is 43.3 Å². The smallest absolute Gasteiger partial charge is 0.185 e. The van der Waals surface area contributed by atoms with E-state index >= 15 is 0 Å². The van der Waals surface area contributed by atoms with Crippen LogP contribution in [0.2, 0.25) is 0 Å². The van der Waals surface area contributed by atoms with Gasteiger partial charge in [-0.05, 0) is 24.4 Å². The molecule has 6 nitrogen and oxygen atoms in total. The summed E-state index contributed by atoms with van der Waals surface area (Å²) >= 11 is 1.55. The molecule has 4 aromatic rings. The van der Waals surface area contributed by atoms with Crippen LogP contribution in [0.3, 0.4) is 0 Å². The van der Waals surface area contributed by atoms with Gasteiger partial charge in [0.05, 0.1) is 12.3 Å². The van der Waals surface area contributed by atoms with E-state index < -0.39 is 0 Å². The number of nitrogens with one attached hydrogen (secondary N) is 1. The summed E-state index contributed by atoms with van der Waals surface area (Å²) in [5.74, 6) is 0. The minimum Gasteiger partial charge on any atom is -0.383 e. The Morgan fingerprint density at radius 2 is 1.90 bits per heavy atom. The molecule has 0 fully saturated rings. The first-order chi connectivity index (χ1) is 14.5. The summed E-state index contributed by atoms with van der Waals surface area (Å²) in [6, 6.07) is 12.4. The fourth-order valence-corrected chi connectivity index (χ4v) is 4.41. The predicted molar refractivity (Wildman–Crippen MR) is 131 cm³/mol. The number of pyridine rings is 1. The number of aromatic nitrogens is 4. The van der Waals surface area contributed by atoms with Crippen molar-refractivity contribution < 1.29 is 4.74 Å². The van der Waals surface area contributed by atoms with Crippen LogP contribution in [-0.2, 0) is 11.8 Å². The molecule has 3 aromatic heterocycles. The van der Waals surface area contributed by atoms with Crippen LogP contribution in [0.4, 0.5) is 5.13 Å². The van der Waals surface area contributed by atoms with Crippen LogP contribution in [0.1, 0.15) is 20.8 Å². The van der Waals surface area contributed by atoms with Crippen LogP contribution in [0, 0.1) is 0 Å². The van der Waals surface area contributed by atoms with Crippen LogP contribution < -0.4 is 10.6 Å². The summed E-state index contributed by atoms with van der Waals surface area (Å²) in [7, 11) is 6.41. The molecule has 30 heavy (non-hydrogen) atoms. The number of fused-ring (bicyclic) bond motifs is 1. The lowest BCUT2D eigenvalue weighted by Gasteiger charge is -2.10. The lowest BCUT2D eigenvalue weighted by molar-refractivity contribution is 0.190. The summed E-state index contributed by atoms with van der Waals surface area (Å²) in [4.78, 5) is 10.4. The van der Waals surface area contributed by atoms with Crippen molar-refractivity contribution in [2.45, 2.75) is 26.8 Å². The van der Waals surface area contributed by atoms with Crippen LogP contribution >= 0.6 is 20.6 Å². The van der Waals surface area contributed by atoms with Crippen molar-refractivity contribution in [1.29, 1.82) is 0 Å². The lowest BCUT2D eigenvalue weighted by atomic mass is 10.1. The largest absolute Gasteiger partial charge is 0.383 e. The van der Waals surface area contributed by atoms with E-state index in [-0.39, 0.29) is 6.04 Å². The molecule has 4 rings (SSSR count). The number of hydrogen-bond acceptors (Lipinski definition) is 6. The van der Waals surface area contributed by atoms with Crippen LogP contribution in [0.15, 0.2) is 42.6 Å². The molecule has 1 N–H and O–H groups in total. The number of nitrogens with zero attached hydrogens (tertiary/aromatic N) is 4. The standard InChI is InChI=1S/C20H22N5OPS.C2H6/c1-12(11-26-3)21-20-23-16-9-8-15(22-19(16)28-20)14-10-25(2)24-18(14)13-6-4-5-7-17(13)27;1-2/h4-10,12H,11,27H2,1-3H3,(H,21,23);1-2H3/t12-;/m0./s1. The second kappa shape index (κ2) is 10.1. The first-order valence-electron chi connectivity index (χ1n) is 9.97. The van der Waals surface area contributed by atoms with Crippen LogP contribution in [-0.4, -0.2) is 39.5 Å². The Bertz CT molecular complexity index is 1120. The predicted octanol–water partition coefficient (Wildman–Crippen LogP) is 4.73. The van der Waals surface area contributed by atoms with Gasteiger partial charge < -0.3 is 10.1 Å². The van der Waals surface area contributed by atoms with Gasteiger partial charge in [-0.25, -0.2) is 9.97 Å². The maximum absolute atomic E-state index is 5.18. The minimum absolute atomic E-state index is 0.188. The Kier molecular flexibility index (Phi) is 7.53. The van der Waals surface area contributed by atoms with E-state index in [1.807, 2.05) is 56.0 Å². The molecule has 0 aliphatic heterocycles. The number of ether oxygens (including phenoxy) is 1. The zero-order chi connectivity index (χ0) is 21.7. The highest BCUT2D eigenvalue weighted by Gasteiger charge is 2.16. The Balaban J connectivity index is 0.00000124. The number of rotatable bonds is 6. The summed E-state index contributed by atoms with van der Waals surface area (Å²) in [5.41, 5.74) is 4.80. The molecular formula is C22H28N5OPS. The fourth-order valence-electron chi connectivity index (χ4n) is 3.12. The molecule has 8 heteroatoms. The Hall–Kier alpha value is -2.34. The van der Waals surface area contributed by atoms with Crippen molar-refractivity contribution in [2.75, 3.05) is 19.0 Å². The molecule has 0 aliphatic rings.